The number of hydrogen-bond acceptors (Lipinski definition) is 4. The monoisotopic (exact) mass is 378 g/mol. The number of hydrogen-bond donors (Lipinski definition) is 1. The summed E-state index contributed by atoms with van der Waals surface area (Å²) in [6.45, 7) is 9.64. The summed E-state index contributed by atoms with van der Waals surface area (Å²) in [5.41, 5.74) is 8.27. The number of pyridine rings is 1. The molecule has 4 rings (SSSR count). The molecule has 1 fully saturated rings. The van der Waals surface area contributed by atoms with Gasteiger partial charge in [-0.1, -0.05) is 18.2 Å². The molecule has 0 unspecified atom stereocenters. The smallest absolute Gasteiger partial charge is 0.0573 e. The van der Waals surface area contributed by atoms with Crippen molar-refractivity contribution in [2.24, 2.45) is 0 Å². The van der Waals surface area contributed by atoms with E-state index in [1.807, 2.05) is 6.20 Å². The molecule has 150 valence electrons. The van der Waals surface area contributed by atoms with E-state index in [4.69, 9.17) is 0 Å². The predicted molar refractivity (Wildman–Crippen MR) is 117 cm³/mol. The zero-order valence-electron chi connectivity index (χ0n) is 17.7. The Hall–Kier alpha value is -1.91. The van der Waals surface area contributed by atoms with Crippen LogP contribution < -0.4 is 10.2 Å². The lowest BCUT2D eigenvalue weighted by atomic mass is 9.92. The topological polar surface area (TPSA) is 31.4 Å². The first kappa shape index (κ1) is 19.4. The van der Waals surface area contributed by atoms with Crippen molar-refractivity contribution in [3.63, 3.8) is 0 Å². The zero-order chi connectivity index (χ0) is 19.5. The number of nitrogens with zero attached hydrogens (tertiary/aromatic N) is 3. The Labute approximate surface area is 170 Å². The average molecular weight is 379 g/mol. The Balaban J connectivity index is 1.43. The van der Waals surface area contributed by atoms with Crippen molar-refractivity contribution in [2.45, 2.75) is 58.7 Å². The SMILES string of the molecule is Cc1cnc(CN(C)C[C@H]2Cc3c(cccc3N3CCCCC3)CN2)c(C)c1. The van der Waals surface area contributed by atoms with Crippen LogP contribution >= 0.6 is 0 Å². The maximum absolute atomic E-state index is 4.65. The van der Waals surface area contributed by atoms with Crippen LogP contribution in [-0.2, 0) is 19.5 Å². The maximum atomic E-state index is 4.65. The Morgan fingerprint density at radius 1 is 1.18 bits per heavy atom. The molecule has 2 aliphatic rings. The first-order chi connectivity index (χ1) is 13.6. The molecule has 0 spiro atoms. The average Bonchev–Trinajstić information content (AvgIpc) is 2.70. The summed E-state index contributed by atoms with van der Waals surface area (Å²) in [7, 11) is 2.22. The molecule has 0 bridgehead atoms. The van der Waals surface area contributed by atoms with Crippen molar-refractivity contribution >= 4 is 5.69 Å². The zero-order valence-corrected chi connectivity index (χ0v) is 17.7. The summed E-state index contributed by atoms with van der Waals surface area (Å²) < 4.78 is 0. The molecule has 2 aliphatic heterocycles. The third-order valence-electron chi connectivity index (χ3n) is 6.25. The molecule has 0 aliphatic carbocycles. The van der Waals surface area contributed by atoms with E-state index in [1.54, 1.807) is 5.56 Å². The van der Waals surface area contributed by atoms with Crippen LogP contribution in [0.5, 0.6) is 0 Å². The van der Waals surface area contributed by atoms with Gasteiger partial charge in [-0.25, -0.2) is 0 Å². The molecular formula is C24H34N4. The van der Waals surface area contributed by atoms with E-state index in [-0.39, 0.29) is 0 Å². The van der Waals surface area contributed by atoms with Crippen LogP contribution in [0.1, 0.15) is 47.2 Å². The molecule has 1 atom stereocenters. The molecule has 0 amide bonds. The van der Waals surface area contributed by atoms with E-state index in [2.05, 4.69) is 65.3 Å². The van der Waals surface area contributed by atoms with Crippen LogP contribution in [0.3, 0.4) is 0 Å². The first-order valence-electron chi connectivity index (χ1n) is 10.8. The standard InChI is InChI=1S/C24H34N4/c1-18-12-19(2)23(26-14-18)17-27(3)16-21-13-22-20(15-25-21)8-7-9-24(22)28-10-5-4-6-11-28/h7-9,12,14,21,25H,4-6,10-11,13,15-17H2,1-3H3/t21-/m1/s1. The lowest BCUT2D eigenvalue weighted by molar-refractivity contribution is 0.271. The number of rotatable bonds is 5. The second-order valence-corrected chi connectivity index (χ2v) is 8.72. The van der Waals surface area contributed by atoms with E-state index in [0.717, 1.165) is 26.1 Å². The number of benzene rings is 1. The third kappa shape index (κ3) is 4.39. The number of aryl methyl sites for hydroxylation is 2. The van der Waals surface area contributed by atoms with Crippen LogP contribution in [0, 0.1) is 13.8 Å². The fourth-order valence-corrected chi connectivity index (χ4v) is 4.76. The highest BCUT2D eigenvalue weighted by Crippen LogP contribution is 2.30. The van der Waals surface area contributed by atoms with Crippen LogP contribution in [0.15, 0.2) is 30.5 Å². The van der Waals surface area contributed by atoms with E-state index in [9.17, 15) is 0 Å². The lowest BCUT2D eigenvalue weighted by Gasteiger charge is -2.35. The molecule has 1 saturated heterocycles. The largest absolute Gasteiger partial charge is 0.371 e. The number of anilines is 1. The highest BCUT2D eigenvalue weighted by Gasteiger charge is 2.24. The minimum atomic E-state index is 0.495. The Bertz CT molecular complexity index is 810. The van der Waals surface area contributed by atoms with Gasteiger partial charge in [0.05, 0.1) is 5.69 Å². The summed E-state index contributed by atoms with van der Waals surface area (Å²) >= 11 is 0. The Kier molecular flexibility index (Phi) is 5.98. The van der Waals surface area contributed by atoms with Gasteiger partial charge in [0.15, 0.2) is 0 Å². The molecule has 0 saturated carbocycles. The van der Waals surface area contributed by atoms with Crippen LogP contribution in [0.4, 0.5) is 5.69 Å². The van der Waals surface area contributed by atoms with Crippen molar-refractivity contribution in [1.29, 1.82) is 0 Å². The summed E-state index contributed by atoms with van der Waals surface area (Å²) in [5, 5.41) is 3.77. The lowest BCUT2D eigenvalue weighted by Crippen LogP contribution is -2.44. The van der Waals surface area contributed by atoms with E-state index >= 15 is 0 Å². The number of aromatic nitrogens is 1. The number of nitrogens with one attached hydrogen (secondary N) is 1. The number of fused-ring (bicyclic) bond motifs is 1. The Morgan fingerprint density at radius 3 is 2.79 bits per heavy atom. The van der Waals surface area contributed by atoms with Crippen molar-refractivity contribution in [1.82, 2.24) is 15.2 Å². The minimum absolute atomic E-state index is 0.495. The quantitative estimate of drug-likeness (QED) is 0.857. The second kappa shape index (κ2) is 8.62. The summed E-state index contributed by atoms with van der Waals surface area (Å²) in [5.74, 6) is 0. The number of piperidine rings is 1. The first-order valence-corrected chi connectivity index (χ1v) is 10.8. The predicted octanol–water partition coefficient (Wildman–Crippen LogP) is 3.84. The van der Waals surface area contributed by atoms with Crippen molar-refractivity contribution in [3.8, 4) is 0 Å². The fourth-order valence-electron chi connectivity index (χ4n) is 4.76. The molecule has 1 aromatic heterocycles. The highest BCUT2D eigenvalue weighted by atomic mass is 15.1. The summed E-state index contributed by atoms with van der Waals surface area (Å²) in [6, 6.07) is 9.61. The molecule has 4 nitrogen and oxygen atoms in total. The fraction of sp³-hybridized carbons (Fsp3) is 0.542. The van der Waals surface area contributed by atoms with E-state index in [0.29, 0.717) is 6.04 Å². The van der Waals surface area contributed by atoms with Gasteiger partial charge in [-0.3, -0.25) is 9.88 Å². The second-order valence-electron chi connectivity index (χ2n) is 8.72. The van der Waals surface area contributed by atoms with Gasteiger partial charge in [-0.15, -0.1) is 0 Å². The van der Waals surface area contributed by atoms with Crippen molar-refractivity contribution in [2.75, 3.05) is 31.6 Å². The highest BCUT2D eigenvalue weighted by molar-refractivity contribution is 5.58. The van der Waals surface area contributed by atoms with Gasteiger partial charge in [0.25, 0.3) is 0 Å². The maximum Gasteiger partial charge on any atom is 0.0573 e. The summed E-state index contributed by atoms with van der Waals surface area (Å²) in [6.07, 6.45) is 7.14. The van der Waals surface area contributed by atoms with Crippen molar-refractivity contribution < 1.29 is 0 Å². The number of likely N-dealkylation sites (N-methyl/N-ethyl adjacent to an activating group) is 1. The van der Waals surface area contributed by atoms with Crippen LogP contribution in [0.25, 0.3) is 0 Å². The minimum Gasteiger partial charge on any atom is -0.371 e. The molecule has 0 radical (unpaired) electrons. The molecular weight excluding hydrogens is 344 g/mol. The van der Waals surface area contributed by atoms with Crippen LogP contribution in [-0.4, -0.2) is 42.6 Å². The van der Waals surface area contributed by atoms with Gasteiger partial charge in [0.2, 0.25) is 0 Å². The molecule has 1 aromatic carbocycles. The van der Waals surface area contributed by atoms with Gasteiger partial charge in [-0.2, -0.15) is 0 Å². The van der Waals surface area contributed by atoms with Gasteiger partial charge in [-0.05, 0) is 74.9 Å². The molecule has 3 heterocycles. The third-order valence-corrected chi connectivity index (χ3v) is 6.25. The molecule has 1 N–H and O–H groups in total. The van der Waals surface area contributed by atoms with Gasteiger partial charge in [0, 0.05) is 50.6 Å². The van der Waals surface area contributed by atoms with Gasteiger partial charge in [0.1, 0.15) is 0 Å². The van der Waals surface area contributed by atoms with E-state index < -0.39 is 0 Å². The molecule has 4 heteroatoms. The van der Waals surface area contributed by atoms with E-state index in [1.165, 1.54) is 60.4 Å². The van der Waals surface area contributed by atoms with Gasteiger partial charge >= 0.3 is 0 Å². The normalized spacial score (nSPS) is 19.7. The summed E-state index contributed by atoms with van der Waals surface area (Å²) in [4.78, 5) is 9.69. The van der Waals surface area contributed by atoms with Crippen molar-refractivity contribution in [3.05, 3.63) is 58.4 Å². The van der Waals surface area contributed by atoms with Gasteiger partial charge < -0.3 is 10.2 Å². The Morgan fingerprint density at radius 2 is 2.00 bits per heavy atom. The van der Waals surface area contributed by atoms with Crippen LogP contribution in [0.2, 0.25) is 0 Å². The molecule has 2 aromatic rings. The molecule has 28 heavy (non-hydrogen) atoms.